The number of nitriles is 1. The van der Waals surface area contributed by atoms with Crippen LogP contribution in [0.25, 0.3) is 0 Å². The molecular formula is C15H26N2O. The van der Waals surface area contributed by atoms with Crippen LogP contribution < -0.4 is 5.32 Å². The molecule has 3 nitrogen and oxygen atoms in total. The molecular weight excluding hydrogens is 224 g/mol. The second-order valence-corrected chi connectivity index (χ2v) is 6.38. The van der Waals surface area contributed by atoms with Crippen LogP contribution in [-0.2, 0) is 0 Å². The lowest BCUT2D eigenvalue weighted by atomic mass is 9.55. The smallest absolute Gasteiger partial charge is 0.0885 e. The summed E-state index contributed by atoms with van der Waals surface area (Å²) in [6, 6.07) is 2.54. The van der Waals surface area contributed by atoms with Gasteiger partial charge in [0, 0.05) is 12.5 Å². The van der Waals surface area contributed by atoms with Gasteiger partial charge in [0.25, 0.3) is 0 Å². The van der Waals surface area contributed by atoms with Crippen molar-refractivity contribution in [2.75, 3.05) is 13.1 Å². The third kappa shape index (κ3) is 2.06. The molecule has 1 aliphatic heterocycles. The number of hydrogen-bond donors (Lipinski definition) is 2. The van der Waals surface area contributed by atoms with Gasteiger partial charge in [-0.2, -0.15) is 5.26 Å². The second-order valence-electron chi connectivity index (χ2n) is 6.38. The first kappa shape index (κ1) is 13.8. The zero-order chi connectivity index (χ0) is 13.2. The molecule has 0 spiro atoms. The highest BCUT2D eigenvalue weighted by molar-refractivity contribution is 5.16. The molecule has 18 heavy (non-hydrogen) atoms. The molecule has 0 aromatic heterocycles. The van der Waals surface area contributed by atoms with Crippen molar-refractivity contribution < 1.29 is 5.11 Å². The molecule has 1 heterocycles. The van der Waals surface area contributed by atoms with Gasteiger partial charge in [0.1, 0.15) is 0 Å². The molecule has 0 aromatic carbocycles. The average molecular weight is 250 g/mol. The van der Waals surface area contributed by atoms with Gasteiger partial charge in [-0.3, -0.25) is 0 Å². The Kier molecular flexibility index (Phi) is 3.99. The van der Waals surface area contributed by atoms with Crippen LogP contribution in [0.15, 0.2) is 0 Å². The van der Waals surface area contributed by atoms with E-state index in [2.05, 4.69) is 25.2 Å². The summed E-state index contributed by atoms with van der Waals surface area (Å²) in [6.07, 6.45) is 5.71. The predicted molar refractivity (Wildman–Crippen MR) is 71.9 cm³/mol. The van der Waals surface area contributed by atoms with Crippen molar-refractivity contribution in [1.29, 1.82) is 5.26 Å². The average Bonchev–Trinajstić information content (AvgIpc) is 2.39. The first-order valence-corrected chi connectivity index (χ1v) is 7.42. The lowest BCUT2D eigenvalue weighted by Crippen LogP contribution is -2.60. The van der Waals surface area contributed by atoms with Gasteiger partial charge in [-0.05, 0) is 38.1 Å². The maximum absolute atomic E-state index is 11.3. The van der Waals surface area contributed by atoms with Crippen LogP contribution in [0, 0.1) is 28.6 Å². The van der Waals surface area contributed by atoms with Crippen molar-refractivity contribution >= 4 is 0 Å². The fraction of sp³-hybridized carbons (Fsp3) is 0.933. The van der Waals surface area contributed by atoms with E-state index in [1.54, 1.807) is 0 Å². The Balaban J connectivity index is 2.32. The summed E-state index contributed by atoms with van der Waals surface area (Å²) < 4.78 is 0. The summed E-state index contributed by atoms with van der Waals surface area (Å²) >= 11 is 0. The minimum atomic E-state index is -0.781. The highest BCUT2D eigenvalue weighted by Gasteiger charge is 2.56. The maximum Gasteiger partial charge on any atom is 0.0885 e. The number of hydrogen-bond acceptors (Lipinski definition) is 3. The third-order valence-corrected chi connectivity index (χ3v) is 5.28. The van der Waals surface area contributed by atoms with Crippen LogP contribution in [0.4, 0.5) is 0 Å². The van der Waals surface area contributed by atoms with Gasteiger partial charge in [0.05, 0.1) is 17.1 Å². The minimum Gasteiger partial charge on any atom is -0.388 e. The van der Waals surface area contributed by atoms with Gasteiger partial charge in [0.2, 0.25) is 0 Å². The predicted octanol–water partition coefficient (Wildman–Crippen LogP) is 2.46. The number of nitrogens with one attached hydrogen (secondary N) is 1. The Labute approximate surface area is 111 Å². The van der Waals surface area contributed by atoms with Gasteiger partial charge in [-0.25, -0.2) is 0 Å². The molecule has 1 saturated heterocycles. The molecule has 1 saturated carbocycles. The van der Waals surface area contributed by atoms with Crippen LogP contribution in [0.3, 0.4) is 0 Å². The topological polar surface area (TPSA) is 56.0 Å². The minimum absolute atomic E-state index is 0.219. The Hall–Kier alpha value is -0.590. The van der Waals surface area contributed by atoms with Crippen molar-refractivity contribution in [2.45, 2.75) is 58.0 Å². The fourth-order valence-corrected chi connectivity index (χ4v) is 4.18. The Morgan fingerprint density at radius 3 is 2.83 bits per heavy atom. The van der Waals surface area contributed by atoms with Crippen molar-refractivity contribution in [3.05, 3.63) is 0 Å². The van der Waals surface area contributed by atoms with Gasteiger partial charge < -0.3 is 10.4 Å². The van der Waals surface area contributed by atoms with Crippen LogP contribution in [0.5, 0.6) is 0 Å². The third-order valence-electron chi connectivity index (χ3n) is 5.28. The molecule has 3 heteroatoms. The van der Waals surface area contributed by atoms with E-state index in [1.165, 1.54) is 6.42 Å². The molecule has 2 rings (SSSR count). The molecule has 0 radical (unpaired) electrons. The van der Waals surface area contributed by atoms with Crippen molar-refractivity contribution in [2.24, 2.45) is 17.3 Å². The normalized spacial score (nSPS) is 45.4. The quantitative estimate of drug-likeness (QED) is 0.791. The lowest BCUT2D eigenvalue weighted by molar-refractivity contribution is -0.137. The number of nitrogens with zero attached hydrogens (tertiary/aromatic N) is 1. The highest BCUT2D eigenvalue weighted by Crippen LogP contribution is 2.52. The summed E-state index contributed by atoms with van der Waals surface area (Å²) in [6.45, 7) is 6.03. The van der Waals surface area contributed by atoms with Crippen LogP contribution in [0.1, 0.15) is 52.4 Å². The molecule has 4 atom stereocenters. The fourth-order valence-electron chi connectivity index (χ4n) is 4.18. The van der Waals surface area contributed by atoms with E-state index >= 15 is 0 Å². The molecule has 102 valence electrons. The van der Waals surface area contributed by atoms with E-state index in [1.807, 2.05) is 0 Å². The van der Waals surface area contributed by atoms with Crippen molar-refractivity contribution in [1.82, 2.24) is 5.32 Å². The van der Waals surface area contributed by atoms with E-state index in [4.69, 9.17) is 0 Å². The molecule has 0 aromatic rings. The Bertz CT molecular complexity index is 338. The van der Waals surface area contributed by atoms with Gasteiger partial charge >= 0.3 is 0 Å². The van der Waals surface area contributed by atoms with Gasteiger partial charge in [-0.1, -0.05) is 26.7 Å². The first-order chi connectivity index (χ1) is 8.58. The lowest BCUT2D eigenvalue weighted by Gasteiger charge is -2.52. The number of piperidine rings is 1. The summed E-state index contributed by atoms with van der Waals surface area (Å²) in [5, 5.41) is 24.4. The monoisotopic (exact) mass is 250 g/mol. The largest absolute Gasteiger partial charge is 0.388 e. The molecule has 2 fully saturated rings. The zero-order valence-corrected chi connectivity index (χ0v) is 11.7. The summed E-state index contributed by atoms with van der Waals surface area (Å²) in [4.78, 5) is 0. The highest BCUT2D eigenvalue weighted by atomic mass is 16.3. The van der Waals surface area contributed by atoms with Crippen LogP contribution in [-0.4, -0.2) is 23.8 Å². The summed E-state index contributed by atoms with van der Waals surface area (Å²) in [5.74, 6) is 0.783. The Morgan fingerprint density at radius 1 is 1.44 bits per heavy atom. The number of aliphatic hydroxyl groups is 1. The molecule has 4 unspecified atom stereocenters. The summed E-state index contributed by atoms with van der Waals surface area (Å²) in [7, 11) is 0. The van der Waals surface area contributed by atoms with E-state index in [-0.39, 0.29) is 5.92 Å². The molecule has 0 bridgehead atoms. The maximum atomic E-state index is 11.3. The first-order valence-electron chi connectivity index (χ1n) is 7.42. The van der Waals surface area contributed by atoms with E-state index in [0.717, 1.165) is 45.2 Å². The van der Waals surface area contributed by atoms with Crippen LogP contribution in [0.2, 0.25) is 0 Å². The van der Waals surface area contributed by atoms with Gasteiger partial charge in [0.15, 0.2) is 0 Å². The van der Waals surface area contributed by atoms with Gasteiger partial charge in [-0.15, -0.1) is 0 Å². The molecule has 1 aliphatic carbocycles. The molecule has 2 N–H and O–H groups in total. The Morgan fingerprint density at radius 2 is 2.22 bits per heavy atom. The SMILES string of the molecule is CCC1CNCCC1(O)C1(C#N)CCCC(C)C1. The standard InChI is InChI=1S/C15H26N2O/c1-3-13-10-17-8-7-15(13,18)14(11-16)6-4-5-12(2)9-14/h12-13,17-18H,3-10H2,1-2H3. The van der Waals surface area contributed by atoms with E-state index in [9.17, 15) is 10.4 Å². The van der Waals surface area contributed by atoms with E-state index < -0.39 is 11.0 Å². The summed E-state index contributed by atoms with van der Waals surface area (Å²) in [5.41, 5.74) is -1.29. The molecule has 2 aliphatic rings. The van der Waals surface area contributed by atoms with Crippen molar-refractivity contribution in [3.8, 4) is 6.07 Å². The second kappa shape index (κ2) is 5.19. The van der Waals surface area contributed by atoms with Crippen molar-refractivity contribution in [3.63, 3.8) is 0 Å². The zero-order valence-electron chi connectivity index (χ0n) is 11.7. The van der Waals surface area contributed by atoms with Crippen LogP contribution >= 0.6 is 0 Å². The van der Waals surface area contributed by atoms with E-state index in [0.29, 0.717) is 5.92 Å². The molecule has 0 amide bonds. The number of rotatable bonds is 2.